The van der Waals surface area contributed by atoms with Crippen molar-refractivity contribution in [2.45, 2.75) is 67.4 Å². The molecule has 160 valence electrons. The van der Waals surface area contributed by atoms with Crippen LogP contribution in [0.5, 0.6) is 5.88 Å². The highest BCUT2D eigenvalue weighted by molar-refractivity contribution is 8.00. The van der Waals surface area contributed by atoms with Gasteiger partial charge in [0.15, 0.2) is 0 Å². The lowest BCUT2D eigenvalue weighted by Crippen LogP contribution is -2.56. The fourth-order valence-electron chi connectivity index (χ4n) is 4.20. The molecule has 2 bridgehead atoms. The molecular formula is C22H27FN4O2S. The van der Waals surface area contributed by atoms with Gasteiger partial charge in [-0.3, -0.25) is 0 Å². The van der Waals surface area contributed by atoms with E-state index in [1.165, 1.54) is 25.6 Å². The number of nitrogens with zero attached hydrogens (tertiary/aromatic N) is 2. The summed E-state index contributed by atoms with van der Waals surface area (Å²) in [4.78, 5) is 9.62. The minimum absolute atomic E-state index is 0.0890. The molecule has 1 aliphatic carbocycles. The van der Waals surface area contributed by atoms with Gasteiger partial charge in [0.2, 0.25) is 5.88 Å². The quantitative estimate of drug-likeness (QED) is 0.711. The van der Waals surface area contributed by atoms with Crippen molar-refractivity contribution in [3.8, 4) is 5.88 Å². The van der Waals surface area contributed by atoms with Crippen LogP contribution < -0.4 is 15.4 Å². The van der Waals surface area contributed by atoms with Gasteiger partial charge in [-0.2, -0.15) is 0 Å². The predicted molar refractivity (Wildman–Crippen MR) is 115 cm³/mol. The Morgan fingerprint density at radius 1 is 1.20 bits per heavy atom. The van der Waals surface area contributed by atoms with E-state index in [0.717, 1.165) is 36.5 Å². The normalized spacial score (nSPS) is 26.1. The molecule has 0 radical (unpaired) electrons. The van der Waals surface area contributed by atoms with Crippen LogP contribution in [0.15, 0.2) is 29.4 Å². The minimum atomic E-state index is -0.272. The Morgan fingerprint density at radius 2 is 2.00 bits per heavy atom. The van der Waals surface area contributed by atoms with Gasteiger partial charge in [-0.15, -0.1) is 11.8 Å². The number of nitrogens with one attached hydrogen (secondary N) is 2. The highest BCUT2D eigenvalue weighted by atomic mass is 32.2. The molecule has 2 saturated heterocycles. The SMILES string of the molecule is Cc1c(Nc2ccc(SC3CCC3)cc2F)ncnc1OC1CC2COCC(C1)N2. The lowest BCUT2D eigenvalue weighted by atomic mass is 9.95. The second-order valence-electron chi connectivity index (χ2n) is 8.40. The zero-order valence-electron chi connectivity index (χ0n) is 17.1. The smallest absolute Gasteiger partial charge is 0.221 e. The molecule has 3 heterocycles. The van der Waals surface area contributed by atoms with Gasteiger partial charge in [0.05, 0.1) is 24.5 Å². The third kappa shape index (κ3) is 4.40. The van der Waals surface area contributed by atoms with Crippen molar-refractivity contribution in [2.75, 3.05) is 18.5 Å². The summed E-state index contributed by atoms with van der Waals surface area (Å²) in [6.07, 6.45) is 7.06. The molecule has 2 aliphatic heterocycles. The van der Waals surface area contributed by atoms with E-state index in [1.54, 1.807) is 23.9 Å². The van der Waals surface area contributed by atoms with Crippen molar-refractivity contribution >= 4 is 23.3 Å². The van der Waals surface area contributed by atoms with E-state index in [9.17, 15) is 4.39 Å². The molecule has 2 atom stereocenters. The molecule has 2 aromatic rings. The molecular weight excluding hydrogens is 403 g/mol. The van der Waals surface area contributed by atoms with E-state index in [4.69, 9.17) is 9.47 Å². The highest BCUT2D eigenvalue weighted by Crippen LogP contribution is 2.37. The minimum Gasteiger partial charge on any atom is -0.474 e. The molecule has 0 amide bonds. The topological polar surface area (TPSA) is 68.3 Å². The van der Waals surface area contributed by atoms with E-state index >= 15 is 0 Å². The molecule has 6 nitrogen and oxygen atoms in total. The Labute approximate surface area is 180 Å². The number of aromatic nitrogens is 2. The van der Waals surface area contributed by atoms with Crippen LogP contribution in [-0.4, -0.2) is 46.6 Å². The fourth-order valence-corrected chi connectivity index (χ4v) is 5.47. The molecule has 0 spiro atoms. The lowest BCUT2D eigenvalue weighted by molar-refractivity contribution is -0.0134. The van der Waals surface area contributed by atoms with E-state index < -0.39 is 0 Å². The Kier molecular flexibility index (Phi) is 5.80. The van der Waals surface area contributed by atoms with E-state index in [-0.39, 0.29) is 11.9 Å². The van der Waals surface area contributed by atoms with Crippen LogP contribution in [0.3, 0.4) is 0 Å². The van der Waals surface area contributed by atoms with E-state index in [0.29, 0.717) is 34.7 Å². The van der Waals surface area contributed by atoms with Crippen LogP contribution in [0.25, 0.3) is 0 Å². The van der Waals surface area contributed by atoms with Gasteiger partial charge < -0.3 is 20.1 Å². The fraction of sp³-hybridized carbons (Fsp3) is 0.545. The van der Waals surface area contributed by atoms with Crippen LogP contribution >= 0.6 is 11.8 Å². The second kappa shape index (κ2) is 8.69. The Morgan fingerprint density at radius 3 is 2.70 bits per heavy atom. The molecule has 3 fully saturated rings. The Hall–Kier alpha value is -1.90. The zero-order chi connectivity index (χ0) is 20.5. The largest absolute Gasteiger partial charge is 0.474 e. The van der Waals surface area contributed by atoms with Gasteiger partial charge in [-0.25, -0.2) is 14.4 Å². The number of anilines is 2. The molecule has 1 saturated carbocycles. The van der Waals surface area contributed by atoms with Gasteiger partial charge in [-0.1, -0.05) is 6.42 Å². The van der Waals surface area contributed by atoms with Crippen LogP contribution in [-0.2, 0) is 4.74 Å². The van der Waals surface area contributed by atoms with Crippen molar-refractivity contribution in [1.29, 1.82) is 0 Å². The summed E-state index contributed by atoms with van der Waals surface area (Å²) in [5.74, 6) is 0.845. The average molecular weight is 431 g/mol. The summed E-state index contributed by atoms with van der Waals surface area (Å²) in [5.41, 5.74) is 1.19. The first kappa shape index (κ1) is 20.0. The van der Waals surface area contributed by atoms with Gasteiger partial charge >= 0.3 is 0 Å². The zero-order valence-corrected chi connectivity index (χ0v) is 17.9. The van der Waals surface area contributed by atoms with Crippen LogP contribution in [0.4, 0.5) is 15.9 Å². The summed E-state index contributed by atoms with van der Waals surface area (Å²) in [7, 11) is 0. The molecule has 2 unspecified atom stereocenters. The van der Waals surface area contributed by atoms with E-state index in [2.05, 4.69) is 20.6 Å². The summed E-state index contributed by atoms with van der Waals surface area (Å²) in [5, 5.41) is 7.31. The van der Waals surface area contributed by atoms with Gasteiger partial charge in [-0.05, 0) is 38.0 Å². The van der Waals surface area contributed by atoms with Crippen molar-refractivity contribution in [2.24, 2.45) is 0 Å². The third-order valence-electron chi connectivity index (χ3n) is 6.07. The van der Waals surface area contributed by atoms with E-state index in [1.807, 2.05) is 13.0 Å². The third-order valence-corrected chi connectivity index (χ3v) is 7.40. The first-order chi connectivity index (χ1) is 14.6. The van der Waals surface area contributed by atoms with Crippen LogP contribution in [0.1, 0.15) is 37.7 Å². The summed E-state index contributed by atoms with van der Waals surface area (Å²) < 4.78 is 26.5. The first-order valence-corrected chi connectivity index (χ1v) is 11.6. The van der Waals surface area contributed by atoms with Crippen molar-refractivity contribution in [3.63, 3.8) is 0 Å². The summed E-state index contributed by atoms with van der Waals surface area (Å²) in [6.45, 7) is 3.35. The molecule has 30 heavy (non-hydrogen) atoms. The predicted octanol–water partition coefficient (Wildman–Crippen LogP) is 4.21. The van der Waals surface area contributed by atoms with Crippen molar-refractivity contribution < 1.29 is 13.9 Å². The number of halogens is 1. The molecule has 3 aliphatic rings. The Bertz CT molecular complexity index is 899. The number of benzene rings is 1. The summed E-state index contributed by atoms with van der Waals surface area (Å²) in [6, 6.07) is 6.01. The maximum atomic E-state index is 14.7. The number of piperidine rings is 1. The number of hydrogen-bond acceptors (Lipinski definition) is 7. The lowest BCUT2D eigenvalue weighted by Gasteiger charge is -2.39. The van der Waals surface area contributed by atoms with Crippen LogP contribution in [0.2, 0.25) is 0 Å². The standard InChI is InChI=1S/C22H27FN4O2S/c1-13-21(27-20-6-5-18(9-19(20)23)30-17-3-2-4-17)24-12-25-22(13)29-16-7-14-10-28-11-15(8-16)26-14/h5-6,9,12,14-17,26H,2-4,7-8,10-11H2,1H3,(H,24,25,27). The number of fused-ring (bicyclic) bond motifs is 2. The monoisotopic (exact) mass is 430 g/mol. The van der Waals surface area contributed by atoms with Gasteiger partial charge in [0.1, 0.15) is 24.1 Å². The van der Waals surface area contributed by atoms with Gasteiger partial charge in [0.25, 0.3) is 0 Å². The number of hydrogen-bond donors (Lipinski definition) is 2. The molecule has 2 N–H and O–H groups in total. The number of thioether (sulfide) groups is 1. The Balaban J connectivity index is 1.27. The van der Waals surface area contributed by atoms with Crippen molar-refractivity contribution in [3.05, 3.63) is 35.9 Å². The number of morpholine rings is 1. The molecule has 8 heteroatoms. The molecule has 5 rings (SSSR count). The first-order valence-electron chi connectivity index (χ1n) is 10.7. The van der Waals surface area contributed by atoms with Gasteiger partial charge in [0, 0.05) is 35.1 Å². The second-order valence-corrected chi connectivity index (χ2v) is 9.77. The maximum Gasteiger partial charge on any atom is 0.221 e. The maximum absolute atomic E-state index is 14.7. The van der Waals surface area contributed by atoms with Crippen LogP contribution in [0, 0.1) is 12.7 Å². The highest BCUT2D eigenvalue weighted by Gasteiger charge is 2.33. The average Bonchev–Trinajstić information content (AvgIpc) is 2.69. The molecule has 1 aromatic carbocycles. The van der Waals surface area contributed by atoms with Crippen molar-refractivity contribution in [1.82, 2.24) is 15.3 Å². The molecule has 1 aromatic heterocycles. The number of ether oxygens (including phenoxy) is 2. The summed E-state index contributed by atoms with van der Waals surface area (Å²) >= 11 is 1.76. The number of rotatable bonds is 6.